The van der Waals surface area contributed by atoms with Crippen molar-refractivity contribution in [1.29, 1.82) is 0 Å². The molecule has 2 unspecified atom stereocenters. The van der Waals surface area contributed by atoms with E-state index in [2.05, 4.69) is 15.4 Å². The van der Waals surface area contributed by atoms with Gasteiger partial charge in [0, 0.05) is 31.1 Å². The van der Waals surface area contributed by atoms with Crippen LogP contribution in [0.1, 0.15) is 20.3 Å². The van der Waals surface area contributed by atoms with Gasteiger partial charge in [0.05, 0.1) is 11.8 Å². The summed E-state index contributed by atoms with van der Waals surface area (Å²) in [5.74, 6) is 0.175. The molecule has 1 aliphatic heterocycles. The fourth-order valence-corrected chi connectivity index (χ4v) is 2.49. The maximum absolute atomic E-state index is 12.2. The summed E-state index contributed by atoms with van der Waals surface area (Å²) in [7, 11) is 0. The largest absolute Gasteiger partial charge is 0.411 e. The van der Waals surface area contributed by atoms with E-state index in [1.165, 1.54) is 0 Å². The van der Waals surface area contributed by atoms with Gasteiger partial charge in [-0.15, -0.1) is 0 Å². The van der Waals surface area contributed by atoms with Crippen LogP contribution in [0.2, 0.25) is 0 Å². The molecule has 0 radical (unpaired) electrons. The molecule has 0 spiro atoms. The maximum atomic E-state index is 12.2. The van der Waals surface area contributed by atoms with Crippen molar-refractivity contribution in [2.75, 3.05) is 18.4 Å². The highest BCUT2D eigenvalue weighted by molar-refractivity contribution is 5.95. The van der Waals surface area contributed by atoms with Gasteiger partial charge in [0.1, 0.15) is 0 Å². The number of carbonyl (C=O) groups is 1. The lowest BCUT2D eigenvalue weighted by molar-refractivity contribution is -0.121. The van der Waals surface area contributed by atoms with Crippen LogP contribution in [0.5, 0.6) is 0 Å². The molecule has 1 heterocycles. The first-order valence-corrected chi connectivity index (χ1v) is 6.92. The Balaban J connectivity index is 1.94. The molecule has 0 bridgehead atoms. The van der Waals surface area contributed by atoms with Gasteiger partial charge in [-0.3, -0.25) is 9.69 Å². The van der Waals surface area contributed by atoms with Crippen molar-refractivity contribution in [3.05, 3.63) is 30.3 Å². The number of likely N-dealkylation sites (tertiary alicyclic amines) is 1. The van der Waals surface area contributed by atoms with Crippen molar-refractivity contribution in [3.63, 3.8) is 0 Å². The van der Waals surface area contributed by atoms with Gasteiger partial charge in [-0.1, -0.05) is 30.3 Å². The monoisotopic (exact) mass is 275 g/mol. The highest BCUT2D eigenvalue weighted by Crippen LogP contribution is 2.17. The molecule has 2 rings (SSSR count). The molecule has 108 valence electrons. The minimum absolute atomic E-state index is 0.00668. The molecule has 1 fully saturated rings. The Hall–Kier alpha value is -1.88. The summed E-state index contributed by atoms with van der Waals surface area (Å²) in [6.45, 7) is 5.41. The number of carbonyl (C=O) groups excluding carboxylic acids is 1. The topological polar surface area (TPSA) is 64.9 Å². The van der Waals surface area contributed by atoms with Crippen LogP contribution in [0.25, 0.3) is 0 Å². The third-order valence-corrected chi connectivity index (χ3v) is 3.83. The molecule has 1 aromatic carbocycles. The molecule has 2 N–H and O–H groups in total. The summed E-state index contributed by atoms with van der Waals surface area (Å²) in [6, 6.07) is 9.26. The maximum Gasteiger partial charge on any atom is 0.241 e. The number of anilines is 1. The molecule has 1 aromatic rings. The van der Waals surface area contributed by atoms with Gasteiger partial charge in [0.25, 0.3) is 0 Å². The van der Waals surface area contributed by atoms with E-state index < -0.39 is 0 Å². The van der Waals surface area contributed by atoms with Gasteiger partial charge in [0.2, 0.25) is 5.91 Å². The first kappa shape index (κ1) is 14.5. The molecule has 1 aliphatic rings. The van der Waals surface area contributed by atoms with E-state index in [9.17, 15) is 4.79 Å². The van der Waals surface area contributed by atoms with E-state index >= 15 is 0 Å². The Bertz CT molecular complexity index is 487. The van der Waals surface area contributed by atoms with Crippen LogP contribution in [0.15, 0.2) is 35.5 Å². The van der Waals surface area contributed by atoms with Crippen LogP contribution >= 0.6 is 0 Å². The molecule has 1 saturated heterocycles. The Morgan fingerprint density at radius 2 is 2.15 bits per heavy atom. The second-order valence-electron chi connectivity index (χ2n) is 5.27. The Kier molecular flexibility index (Phi) is 4.74. The molecular weight excluding hydrogens is 254 g/mol. The van der Waals surface area contributed by atoms with E-state index in [0.29, 0.717) is 6.42 Å². The molecular formula is C15H21N3O2. The number of amides is 1. The minimum Gasteiger partial charge on any atom is -0.411 e. The number of para-hydroxylation sites is 1. The van der Waals surface area contributed by atoms with Gasteiger partial charge in [-0.25, -0.2) is 0 Å². The van der Waals surface area contributed by atoms with Gasteiger partial charge in [0.15, 0.2) is 0 Å². The molecule has 1 amide bonds. The van der Waals surface area contributed by atoms with E-state index in [0.717, 1.165) is 24.5 Å². The quantitative estimate of drug-likeness (QED) is 0.656. The van der Waals surface area contributed by atoms with Crippen LogP contribution in [-0.2, 0) is 4.79 Å². The third-order valence-electron chi connectivity index (χ3n) is 3.83. The number of nitrogens with one attached hydrogen (secondary N) is 1. The van der Waals surface area contributed by atoms with E-state index in [1.807, 2.05) is 44.2 Å². The average molecular weight is 275 g/mol. The molecule has 20 heavy (non-hydrogen) atoms. The highest BCUT2D eigenvalue weighted by Gasteiger charge is 2.28. The van der Waals surface area contributed by atoms with E-state index in [-0.39, 0.29) is 17.9 Å². The van der Waals surface area contributed by atoms with Crippen LogP contribution in [-0.4, -0.2) is 40.9 Å². The predicted molar refractivity (Wildman–Crippen MR) is 79.1 cm³/mol. The molecule has 5 heteroatoms. The van der Waals surface area contributed by atoms with Gasteiger partial charge < -0.3 is 10.5 Å². The second-order valence-corrected chi connectivity index (χ2v) is 5.27. The Labute approximate surface area is 119 Å². The van der Waals surface area contributed by atoms with E-state index in [4.69, 9.17) is 5.21 Å². The summed E-state index contributed by atoms with van der Waals surface area (Å²) >= 11 is 0. The highest BCUT2D eigenvalue weighted by atomic mass is 16.4. The summed E-state index contributed by atoms with van der Waals surface area (Å²) in [6.07, 6.45) is 0.709. The van der Waals surface area contributed by atoms with Gasteiger partial charge >= 0.3 is 0 Å². The standard InChI is InChI=1S/C15H21N3O2/c1-11-10-18(9-8-14(11)17-20)12(2)15(19)16-13-6-4-3-5-7-13/h3-7,11-12,20H,8-10H2,1-2H3,(H,16,19)/b17-14-. The normalized spacial score (nSPS) is 23.5. The zero-order valence-electron chi connectivity index (χ0n) is 11.9. The van der Waals surface area contributed by atoms with Crippen LogP contribution in [0.4, 0.5) is 5.69 Å². The summed E-state index contributed by atoms with van der Waals surface area (Å²) in [5.41, 5.74) is 1.63. The zero-order valence-corrected chi connectivity index (χ0v) is 11.9. The van der Waals surface area contributed by atoms with Gasteiger partial charge in [-0.2, -0.15) is 0 Å². The van der Waals surface area contributed by atoms with Crippen LogP contribution < -0.4 is 5.32 Å². The summed E-state index contributed by atoms with van der Waals surface area (Å²) < 4.78 is 0. The average Bonchev–Trinajstić information content (AvgIpc) is 2.47. The lowest BCUT2D eigenvalue weighted by atomic mass is 9.96. The summed E-state index contributed by atoms with van der Waals surface area (Å²) in [4.78, 5) is 14.4. The van der Waals surface area contributed by atoms with Crippen molar-refractivity contribution < 1.29 is 10.0 Å². The Morgan fingerprint density at radius 1 is 1.45 bits per heavy atom. The van der Waals surface area contributed by atoms with Gasteiger partial charge in [-0.05, 0) is 19.1 Å². The van der Waals surface area contributed by atoms with E-state index in [1.54, 1.807) is 0 Å². The minimum atomic E-state index is -0.196. The van der Waals surface area contributed by atoms with Crippen molar-refractivity contribution in [1.82, 2.24) is 4.90 Å². The fraction of sp³-hybridized carbons (Fsp3) is 0.467. The number of benzene rings is 1. The second kappa shape index (κ2) is 6.52. The van der Waals surface area contributed by atoms with Crippen LogP contribution in [0.3, 0.4) is 0 Å². The molecule has 2 atom stereocenters. The smallest absolute Gasteiger partial charge is 0.241 e. The summed E-state index contributed by atoms with van der Waals surface area (Å²) in [5, 5.41) is 15.1. The Morgan fingerprint density at radius 3 is 2.75 bits per heavy atom. The number of hydrogen-bond acceptors (Lipinski definition) is 4. The SMILES string of the molecule is CC1CN(C(C)C(=O)Nc2ccccc2)CC/C1=N/O. The first-order valence-electron chi connectivity index (χ1n) is 6.92. The number of hydrogen-bond donors (Lipinski definition) is 2. The predicted octanol–water partition coefficient (Wildman–Crippen LogP) is 2.19. The number of oxime groups is 1. The third kappa shape index (κ3) is 3.36. The van der Waals surface area contributed by atoms with Crippen molar-refractivity contribution in [2.45, 2.75) is 26.3 Å². The lowest BCUT2D eigenvalue weighted by Crippen LogP contribution is -2.49. The van der Waals surface area contributed by atoms with Crippen molar-refractivity contribution in [3.8, 4) is 0 Å². The molecule has 0 aromatic heterocycles. The first-order chi connectivity index (χ1) is 9.61. The fourth-order valence-electron chi connectivity index (χ4n) is 2.49. The van der Waals surface area contributed by atoms with Crippen molar-refractivity contribution >= 4 is 17.3 Å². The van der Waals surface area contributed by atoms with Crippen molar-refractivity contribution in [2.24, 2.45) is 11.1 Å². The molecule has 5 nitrogen and oxygen atoms in total. The molecule has 0 saturated carbocycles. The number of nitrogens with zero attached hydrogens (tertiary/aromatic N) is 2. The van der Waals surface area contributed by atoms with Crippen LogP contribution in [0, 0.1) is 5.92 Å². The molecule has 0 aliphatic carbocycles. The lowest BCUT2D eigenvalue weighted by Gasteiger charge is -2.35. The zero-order chi connectivity index (χ0) is 14.5. The number of rotatable bonds is 3. The number of piperidine rings is 1.